The van der Waals surface area contributed by atoms with E-state index in [1.807, 2.05) is 71.6 Å². The number of carbonyl (C=O) groups excluding carboxylic acids is 1. The van der Waals surface area contributed by atoms with Crippen LogP contribution in [0.2, 0.25) is 0 Å². The topological polar surface area (TPSA) is 42.4 Å². The van der Waals surface area contributed by atoms with Crippen LogP contribution in [0.5, 0.6) is 11.5 Å². The molecule has 3 aromatic rings. The Morgan fingerprint density at radius 1 is 1.00 bits per heavy atom. The summed E-state index contributed by atoms with van der Waals surface area (Å²) in [7, 11) is 0. The van der Waals surface area contributed by atoms with Crippen molar-refractivity contribution in [3.8, 4) is 11.5 Å². The number of thioether (sulfide) groups is 1. The van der Waals surface area contributed by atoms with Gasteiger partial charge in [-0.2, -0.15) is 0 Å². The Kier molecular flexibility index (Phi) is 6.70. The van der Waals surface area contributed by atoms with E-state index in [1.54, 1.807) is 18.0 Å². The lowest BCUT2D eigenvalue weighted by Gasteiger charge is -2.24. The summed E-state index contributed by atoms with van der Waals surface area (Å²) in [5.74, 6) is 1.79. The summed E-state index contributed by atoms with van der Waals surface area (Å²) in [5.41, 5.74) is 1.99. The molecule has 0 N–H and O–H groups in total. The van der Waals surface area contributed by atoms with Crippen LogP contribution in [-0.2, 0) is 11.3 Å². The zero-order valence-electron chi connectivity index (χ0n) is 17.1. The van der Waals surface area contributed by atoms with Gasteiger partial charge in [0, 0.05) is 6.20 Å². The van der Waals surface area contributed by atoms with Crippen LogP contribution in [0.3, 0.4) is 0 Å². The summed E-state index contributed by atoms with van der Waals surface area (Å²) in [6.07, 6.45) is 4.84. The molecule has 0 saturated carbocycles. The van der Waals surface area contributed by atoms with Gasteiger partial charge >= 0.3 is 0 Å². The molecule has 0 spiro atoms. The fourth-order valence-corrected chi connectivity index (χ4v) is 5.11. The number of amides is 1. The number of aromatic nitrogens is 1. The number of ether oxygens (including phenoxy) is 1. The summed E-state index contributed by atoms with van der Waals surface area (Å²) in [6.45, 7) is 2.68. The molecule has 1 saturated heterocycles. The maximum atomic E-state index is 13.2. The maximum absolute atomic E-state index is 13.2. The van der Waals surface area contributed by atoms with Gasteiger partial charge in [-0.3, -0.25) is 9.78 Å². The second-order valence-corrected chi connectivity index (χ2v) is 8.68. The predicted molar refractivity (Wildman–Crippen MR) is 121 cm³/mol. The van der Waals surface area contributed by atoms with Crippen LogP contribution in [0, 0.1) is 0 Å². The third kappa shape index (κ3) is 4.85. The number of benzene rings is 2. The van der Waals surface area contributed by atoms with E-state index in [-0.39, 0.29) is 16.5 Å². The monoisotopic (exact) mass is 418 g/mol. The van der Waals surface area contributed by atoms with Crippen LogP contribution >= 0.6 is 11.8 Å². The second kappa shape index (κ2) is 9.81. The molecular formula is C25H26N2O2S. The van der Waals surface area contributed by atoms with E-state index < -0.39 is 0 Å². The number of hydrogen-bond acceptors (Lipinski definition) is 4. The quantitative estimate of drug-likeness (QED) is 0.436. The molecule has 30 heavy (non-hydrogen) atoms. The minimum atomic E-state index is -0.0410. The summed E-state index contributed by atoms with van der Waals surface area (Å²) in [4.78, 5) is 19.6. The Balaban J connectivity index is 1.59. The molecule has 154 valence electrons. The molecule has 2 heterocycles. The Morgan fingerprint density at radius 3 is 2.57 bits per heavy atom. The molecule has 1 aliphatic rings. The van der Waals surface area contributed by atoms with Crippen molar-refractivity contribution in [1.82, 2.24) is 9.88 Å². The number of nitrogens with zero attached hydrogens (tertiary/aromatic N) is 2. The van der Waals surface area contributed by atoms with Crippen LogP contribution in [0.4, 0.5) is 0 Å². The van der Waals surface area contributed by atoms with Crippen LogP contribution in [-0.4, -0.2) is 21.0 Å². The fraction of sp³-hybridized carbons (Fsp3) is 0.280. The summed E-state index contributed by atoms with van der Waals surface area (Å²) < 4.78 is 6.03. The third-order valence-corrected chi connectivity index (χ3v) is 6.69. The van der Waals surface area contributed by atoms with Gasteiger partial charge in [0.05, 0.1) is 17.5 Å². The van der Waals surface area contributed by atoms with Gasteiger partial charge < -0.3 is 9.64 Å². The minimum absolute atomic E-state index is 0.00244. The molecule has 5 heteroatoms. The molecular weight excluding hydrogens is 392 g/mol. The van der Waals surface area contributed by atoms with Crippen molar-refractivity contribution in [2.75, 3.05) is 0 Å². The molecule has 1 fully saturated rings. The standard InChI is InChI=1S/C25H26N2O2S/c1-2-3-15-23-24(28)27(18-20-11-7-8-16-26-20)25(30-23)19-10-9-14-22(17-19)29-21-12-5-4-6-13-21/h4-14,16-17,23,25H,2-3,15,18H2,1H3. The van der Waals surface area contributed by atoms with Crippen molar-refractivity contribution in [2.45, 2.75) is 43.4 Å². The summed E-state index contributed by atoms with van der Waals surface area (Å²) >= 11 is 1.75. The Labute approximate surface area is 182 Å². The SMILES string of the molecule is CCCCC1SC(c2cccc(Oc3ccccc3)c2)N(Cc2ccccn2)C1=O. The zero-order chi connectivity index (χ0) is 20.8. The first-order valence-electron chi connectivity index (χ1n) is 10.4. The van der Waals surface area contributed by atoms with E-state index in [4.69, 9.17) is 4.74 Å². The van der Waals surface area contributed by atoms with E-state index in [2.05, 4.69) is 18.0 Å². The van der Waals surface area contributed by atoms with Crippen LogP contribution in [0.1, 0.15) is 42.8 Å². The van der Waals surface area contributed by atoms with Crippen molar-refractivity contribution >= 4 is 17.7 Å². The molecule has 0 bridgehead atoms. The highest BCUT2D eigenvalue weighted by molar-refractivity contribution is 8.01. The highest BCUT2D eigenvalue weighted by Gasteiger charge is 2.40. The van der Waals surface area contributed by atoms with Crippen molar-refractivity contribution in [2.24, 2.45) is 0 Å². The molecule has 4 nitrogen and oxygen atoms in total. The average Bonchev–Trinajstić information content (AvgIpc) is 3.09. The lowest BCUT2D eigenvalue weighted by Crippen LogP contribution is -2.31. The van der Waals surface area contributed by atoms with E-state index >= 15 is 0 Å². The molecule has 0 aliphatic carbocycles. The van der Waals surface area contributed by atoms with E-state index in [1.165, 1.54) is 0 Å². The summed E-state index contributed by atoms with van der Waals surface area (Å²) in [6, 6.07) is 23.7. The number of rotatable bonds is 8. The third-order valence-electron chi connectivity index (χ3n) is 5.14. The zero-order valence-corrected chi connectivity index (χ0v) is 17.9. The fourth-order valence-electron chi connectivity index (χ4n) is 3.61. The first-order chi connectivity index (χ1) is 14.7. The lowest BCUT2D eigenvalue weighted by atomic mass is 10.1. The number of pyridine rings is 1. The van der Waals surface area contributed by atoms with Gasteiger partial charge in [0.1, 0.15) is 16.9 Å². The molecule has 0 radical (unpaired) electrons. The molecule has 2 aromatic carbocycles. The minimum Gasteiger partial charge on any atom is -0.457 e. The molecule has 1 aliphatic heterocycles. The first-order valence-corrected chi connectivity index (χ1v) is 11.4. The number of unbranched alkanes of at least 4 members (excludes halogenated alkanes) is 1. The molecule has 4 rings (SSSR count). The smallest absolute Gasteiger partial charge is 0.237 e. The predicted octanol–water partition coefficient (Wildman–Crippen LogP) is 6.21. The van der Waals surface area contributed by atoms with Crippen molar-refractivity contribution in [3.63, 3.8) is 0 Å². The van der Waals surface area contributed by atoms with Crippen molar-refractivity contribution < 1.29 is 9.53 Å². The van der Waals surface area contributed by atoms with E-state index in [0.29, 0.717) is 6.54 Å². The largest absolute Gasteiger partial charge is 0.457 e. The van der Waals surface area contributed by atoms with Crippen molar-refractivity contribution in [1.29, 1.82) is 0 Å². The Morgan fingerprint density at radius 2 is 1.80 bits per heavy atom. The van der Waals surface area contributed by atoms with E-state index in [9.17, 15) is 4.79 Å². The highest BCUT2D eigenvalue weighted by atomic mass is 32.2. The number of para-hydroxylation sites is 1. The molecule has 1 amide bonds. The molecule has 1 aromatic heterocycles. The first kappa shape index (κ1) is 20.5. The van der Waals surface area contributed by atoms with Gasteiger partial charge in [0.25, 0.3) is 0 Å². The normalized spacial score (nSPS) is 18.6. The van der Waals surface area contributed by atoms with Crippen molar-refractivity contribution in [3.05, 3.63) is 90.3 Å². The van der Waals surface area contributed by atoms with Gasteiger partial charge in [-0.1, -0.05) is 56.2 Å². The van der Waals surface area contributed by atoms with Gasteiger partial charge in [0.15, 0.2) is 0 Å². The van der Waals surface area contributed by atoms with E-state index in [0.717, 1.165) is 42.0 Å². The molecule has 2 atom stereocenters. The Hall–Kier alpha value is -2.79. The number of hydrogen-bond donors (Lipinski definition) is 0. The van der Waals surface area contributed by atoms with Gasteiger partial charge in [0.2, 0.25) is 5.91 Å². The van der Waals surface area contributed by atoms with Gasteiger partial charge in [-0.05, 0) is 48.4 Å². The maximum Gasteiger partial charge on any atom is 0.237 e. The Bertz CT molecular complexity index is 965. The average molecular weight is 419 g/mol. The van der Waals surface area contributed by atoms with Crippen LogP contribution in [0.25, 0.3) is 0 Å². The van der Waals surface area contributed by atoms with Gasteiger partial charge in [-0.25, -0.2) is 0 Å². The van der Waals surface area contributed by atoms with Gasteiger partial charge in [-0.15, -0.1) is 11.8 Å². The highest BCUT2D eigenvalue weighted by Crippen LogP contribution is 2.46. The van der Waals surface area contributed by atoms with Crippen LogP contribution < -0.4 is 4.74 Å². The lowest BCUT2D eigenvalue weighted by molar-refractivity contribution is -0.130. The number of carbonyl (C=O) groups is 1. The summed E-state index contributed by atoms with van der Waals surface area (Å²) in [5, 5.41) is -0.0435. The van der Waals surface area contributed by atoms with Crippen LogP contribution in [0.15, 0.2) is 79.0 Å². The molecule has 2 unspecified atom stereocenters. The second-order valence-electron chi connectivity index (χ2n) is 7.39.